The number of halogens is 1. The van der Waals surface area contributed by atoms with Gasteiger partial charge in [0.1, 0.15) is 12.6 Å². The van der Waals surface area contributed by atoms with Gasteiger partial charge >= 0.3 is 5.97 Å². The Bertz CT molecular complexity index is 729. The fourth-order valence-electron chi connectivity index (χ4n) is 4.02. The molecule has 0 amide bonds. The molecule has 4 nitrogen and oxygen atoms in total. The molecule has 2 heterocycles. The highest BCUT2D eigenvalue weighted by Gasteiger charge is 2.51. The SMILES string of the molecule is Cl.O=C(OCc1ccccc1)C1Nc2ccccc2C12CCNCC2. The predicted octanol–water partition coefficient (Wildman–Crippen LogP) is 3.27. The Kier molecular flexibility index (Phi) is 5.30. The minimum absolute atomic E-state index is 0. The lowest BCUT2D eigenvalue weighted by Gasteiger charge is -2.38. The van der Waals surface area contributed by atoms with Crippen molar-refractivity contribution >= 4 is 24.1 Å². The van der Waals surface area contributed by atoms with Gasteiger partial charge < -0.3 is 15.4 Å². The molecule has 1 unspecified atom stereocenters. The third kappa shape index (κ3) is 3.24. The molecule has 0 saturated carbocycles. The summed E-state index contributed by atoms with van der Waals surface area (Å²) in [5.41, 5.74) is 3.19. The van der Waals surface area contributed by atoms with Gasteiger partial charge in [-0.25, -0.2) is 4.79 Å². The Morgan fingerprint density at radius 1 is 1.04 bits per heavy atom. The molecule has 0 aliphatic carbocycles. The Balaban J connectivity index is 0.00000182. The number of piperidine rings is 1. The van der Waals surface area contributed by atoms with Crippen molar-refractivity contribution in [3.63, 3.8) is 0 Å². The summed E-state index contributed by atoms with van der Waals surface area (Å²) in [6.07, 6.45) is 1.89. The number of hydrogen-bond acceptors (Lipinski definition) is 4. The van der Waals surface area contributed by atoms with Crippen LogP contribution in [0.25, 0.3) is 0 Å². The molecule has 2 aromatic rings. The number of hydrogen-bond donors (Lipinski definition) is 2. The number of anilines is 1. The summed E-state index contributed by atoms with van der Waals surface area (Å²) >= 11 is 0. The Morgan fingerprint density at radius 2 is 1.72 bits per heavy atom. The van der Waals surface area contributed by atoms with Crippen LogP contribution in [0.5, 0.6) is 0 Å². The number of ether oxygens (including phenoxy) is 1. The number of rotatable bonds is 3. The highest BCUT2D eigenvalue weighted by Crippen LogP contribution is 2.47. The van der Waals surface area contributed by atoms with Crippen LogP contribution >= 0.6 is 12.4 Å². The molecule has 1 saturated heterocycles. The van der Waals surface area contributed by atoms with Crippen molar-refractivity contribution in [2.75, 3.05) is 18.4 Å². The maximum atomic E-state index is 12.9. The summed E-state index contributed by atoms with van der Waals surface area (Å²) in [6.45, 7) is 2.18. The maximum absolute atomic E-state index is 12.9. The fourth-order valence-corrected chi connectivity index (χ4v) is 4.02. The monoisotopic (exact) mass is 358 g/mol. The first-order chi connectivity index (χ1) is 11.8. The minimum atomic E-state index is -0.305. The number of carbonyl (C=O) groups is 1. The van der Waals surface area contributed by atoms with Gasteiger partial charge in [0.25, 0.3) is 0 Å². The lowest BCUT2D eigenvalue weighted by Crippen LogP contribution is -2.51. The van der Waals surface area contributed by atoms with E-state index < -0.39 is 0 Å². The highest BCUT2D eigenvalue weighted by atomic mass is 35.5. The molecule has 1 atom stereocenters. The Morgan fingerprint density at radius 3 is 2.48 bits per heavy atom. The van der Waals surface area contributed by atoms with E-state index in [1.807, 2.05) is 36.4 Å². The van der Waals surface area contributed by atoms with E-state index in [-0.39, 0.29) is 29.8 Å². The number of esters is 1. The van der Waals surface area contributed by atoms with Crippen molar-refractivity contribution in [1.29, 1.82) is 0 Å². The van der Waals surface area contributed by atoms with Crippen molar-refractivity contribution in [3.8, 4) is 0 Å². The zero-order valence-corrected chi connectivity index (χ0v) is 14.9. The van der Waals surface area contributed by atoms with Crippen LogP contribution in [-0.2, 0) is 21.6 Å². The van der Waals surface area contributed by atoms with E-state index in [2.05, 4.69) is 28.8 Å². The summed E-state index contributed by atoms with van der Waals surface area (Å²) in [4.78, 5) is 12.9. The van der Waals surface area contributed by atoms with E-state index in [9.17, 15) is 4.79 Å². The van der Waals surface area contributed by atoms with Gasteiger partial charge in [0.2, 0.25) is 0 Å². The van der Waals surface area contributed by atoms with Gasteiger partial charge in [0.15, 0.2) is 0 Å². The second-order valence-corrected chi connectivity index (χ2v) is 6.62. The fraction of sp³-hybridized carbons (Fsp3) is 0.350. The molecule has 0 bridgehead atoms. The molecule has 25 heavy (non-hydrogen) atoms. The van der Waals surface area contributed by atoms with E-state index in [4.69, 9.17) is 4.74 Å². The van der Waals surface area contributed by atoms with Gasteiger partial charge in [-0.3, -0.25) is 0 Å². The van der Waals surface area contributed by atoms with Crippen LogP contribution in [0.1, 0.15) is 24.0 Å². The number of carbonyl (C=O) groups excluding carboxylic acids is 1. The van der Waals surface area contributed by atoms with Crippen molar-refractivity contribution in [2.45, 2.75) is 30.9 Å². The first kappa shape index (κ1) is 17.8. The van der Waals surface area contributed by atoms with Crippen molar-refractivity contribution in [3.05, 3.63) is 65.7 Å². The second kappa shape index (κ2) is 7.46. The Labute approximate surface area is 154 Å². The molecule has 4 rings (SSSR count). The molecular weight excluding hydrogens is 336 g/mol. The van der Waals surface area contributed by atoms with Crippen LogP contribution in [-0.4, -0.2) is 25.1 Å². The molecular formula is C20H23ClN2O2. The number of benzene rings is 2. The molecule has 5 heteroatoms. The molecule has 132 valence electrons. The van der Waals surface area contributed by atoms with E-state index in [1.165, 1.54) is 5.56 Å². The summed E-state index contributed by atoms with van der Waals surface area (Å²) in [6, 6.07) is 17.8. The quantitative estimate of drug-likeness (QED) is 0.827. The largest absolute Gasteiger partial charge is 0.459 e. The van der Waals surface area contributed by atoms with Crippen molar-refractivity contribution in [2.24, 2.45) is 0 Å². The molecule has 2 aromatic carbocycles. The number of nitrogens with one attached hydrogen (secondary N) is 2. The molecule has 2 aliphatic heterocycles. The topological polar surface area (TPSA) is 50.4 Å². The lowest BCUT2D eigenvalue weighted by molar-refractivity contribution is -0.147. The third-order valence-electron chi connectivity index (χ3n) is 5.27. The average Bonchev–Trinajstić information content (AvgIpc) is 2.95. The average molecular weight is 359 g/mol. The summed E-state index contributed by atoms with van der Waals surface area (Å²) < 4.78 is 5.65. The smallest absolute Gasteiger partial charge is 0.329 e. The number of fused-ring (bicyclic) bond motifs is 2. The minimum Gasteiger partial charge on any atom is -0.459 e. The lowest BCUT2D eigenvalue weighted by atomic mass is 9.70. The zero-order valence-electron chi connectivity index (χ0n) is 14.0. The van der Waals surface area contributed by atoms with Crippen LogP contribution in [0.3, 0.4) is 0 Å². The second-order valence-electron chi connectivity index (χ2n) is 6.62. The van der Waals surface area contributed by atoms with E-state index >= 15 is 0 Å². The van der Waals surface area contributed by atoms with E-state index in [1.54, 1.807) is 0 Å². The zero-order chi connectivity index (χ0) is 16.4. The maximum Gasteiger partial charge on any atom is 0.329 e. The van der Waals surface area contributed by atoms with Crippen LogP contribution in [0.2, 0.25) is 0 Å². The van der Waals surface area contributed by atoms with Crippen LogP contribution in [0.15, 0.2) is 54.6 Å². The molecule has 2 N–H and O–H groups in total. The molecule has 1 spiro atoms. The van der Waals surface area contributed by atoms with Gasteiger partial charge in [-0.05, 0) is 43.1 Å². The van der Waals surface area contributed by atoms with Gasteiger partial charge in [0.05, 0.1) is 0 Å². The highest BCUT2D eigenvalue weighted by molar-refractivity contribution is 5.86. The first-order valence-electron chi connectivity index (χ1n) is 8.57. The summed E-state index contributed by atoms with van der Waals surface area (Å²) in [5.74, 6) is -0.156. The molecule has 2 aliphatic rings. The third-order valence-corrected chi connectivity index (χ3v) is 5.27. The van der Waals surface area contributed by atoms with Gasteiger partial charge in [-0.1, -0.05) is 48.5 Å². The first-order valence-corrected chi connectivity index (χ1v) is 8.57. The Hall–Kier alpha value is -2.04. The van der Waals surface area contributed by atoms with Crippen molar-refractivity contribution < 1.29 is 9.53 Å². The van der Waals surface area contributed by atoms with E-state index in [0.717, 1.165) is 37.2 Å². The normalized spacial score (nSPS) is 20.2. The predicted molar refractivity (Wildman–Crippen MR) is 101 cm³/mol. The molecule has 1 fully saturated rings. The van der Waals surface area contributed by atoms with Gasteiger partial charge in [-0.15, -0.1) is 12.4 Å². The van der Waals surface area contributed by atoms with Crippen LogP contribution in [0, 0.1) is 0 Å². The van der Waals surface area contributed by atoms with Crippen LogP contribution in [0.4, 0.5) is 5.69 Å². The van der Waals surface area contributed by atoms with Crippen LogP contribution < -0.4 is 10.6 Å². The number of para-hydroxylation sites is 1. The van der Waals surface area contributed by atoms with Gasteiger partial charge in [-0.2, -0.15) is 0 Å². The summed E-state index contributed by atoms with van der Waals surface area (Å²) in [5, 5.41) is 6.83. The van der Waals surface area contributed by atoms with Crippen molar-refractivity contribution in [1.82, 2.24) is 5.32 Å². The van der Waals surface area contributed by atoms with Gasteiger partial charge in [0, 0.05) is 11.1 Å². The molecule has 0 radical (unpaired) electrons. The molecule has 0 aromatic heterocycles. The summed E-state index contributed by atoms with van der Waals surface area (Å²) in [7, 11) is 0. The van der Waals surface area contributed by atoms with E-state index in [0.29, 0.717) is 6.61 Å². The standard InChI is InChI=1S/C20H22N2O2.ClH/c23-19(24-14-15-6-2-1-3-7-15)18-20(10-12-21-13-11-20)16-8-4-5-9-17(16)22-18;/h1-9,18,21-22H,10-14H2;1H.